The standard InChI is InChI=1S/C32H39FN4O4/c1-20-16-37(13-10-29(20)38)21(2)17-36-11-8-24(9-12-36)34-32(39)28-15-26-27(35-28)4-3-5-30(26)40-18-22-19-41-31-14-23(33)6-7-25(22)31/h3-7,14-15,19-21,24,29,35,38H,8-13,16-18H2,1-2H3,(H,34,39)/t20-,21-,29?/m0/s1. The number of hydrogen-bond donors (Lipinski definition) is 3. The highest BCUT2D eigenvalue weighted by Gasteiger charge is 2.29. The minimum absolute atomic E-state index is 0.109. The molecule has 2 aromatic carbocycles. The monoisotopic (exact) mass is 562 g/mol. The Hall–Kier alpha value is -3.40. The lowest BCUT2D eigenvalue weighted by molar-refractivity contribution is 0.0115. The van der Waals surface area contributed by atoms with Gasteiger partial charge in [0, 0.05) is 72.7 Å². The fraction of sp³-hybridized carbons (Fsp3) is 0.469. The Morgan fingerprint density at radius 2 is 2.00 bits per heavy atom. The number of rotatable bonds is 8. The van der Waals surface area contributed by atoms with Crippen LogP contribution in [0.4, 0.5) is 4.39 Å². The zero-order valence-corrected chi connectivity index (χ0v) is 23.7. The Bertz CT molecular complexity index is 1510. The topological polar surface area (TPSA) is 94.0 Å². The van der Waals surface area contributed by atoms with Gasteiger partial charge in [-0.15, -0.1) is 0 Å². The molecule has 2 aliphatic rings. The highest BCUT2D eigenvalue weighted by atomic mass is 19.1. The van der Waals surface area contributed by atoms with Crippen molar-refractivity contribution in [1.82, 2.24) is 20.1 Å². The van der Waals surface area contributed by atoms with E-state index in [1.165, 1.54) is 12.1 Å². The zero-order chi connectivity index (χ0) is 28.5. The van der Waals surface area contributed by atoms with E-state index in [1.54, 1.807) is 12.3 Å². The lowest BCUT2D eigenvalue weighted by Crippen LogP contribution is -2.52. The number of furan rings is 1. The fourth-order valence-electron chi connectivity index (χ4n) is 6.28. The smallest absolute Gasteiger partial charge is 0.267 e. The summed E-state index contributed by atoms with van der Waals surface area (Å²) in [5, 5.41) is 14.9. The van der Waals surface area contributed by atoms with Crippen molar-refractivity contribution in [3.63, 3.8) is 0 Å². The first-order valence-electron chi connectivity index (χ1n) is 14.7. The maximum Gasteiger partial charge on any atom is 0.267 e. The van der Waals surface area contributed by atoms with Crippen LogP contribution in [-0.2, 0) is 6.61 Å². The number of aromatic nitrogens is 1. The van der Waals surface area contributed by atoms with E-state index >= 15 is 0 Å². The number of halogens is 1. The van der Waals surface area contributed by atoms with Crippen molar-refractivity contribution < 1.29 is 23.4 Å². The summed E-state index contributed by atoms with van der Waals surface area (Å²) in [6.07, 6.45) is 4.11. The van der Waals surface area contributed by atoms with E-state index in [1.807, 2.05) is 24.3 Å². The average molecular weight is 563 g/mol. The van der Waals surface area contributed by atoms with Crippen LogP contribution in [0.25, 0.3) is 21.9 Å². The van der Waals surface area contributed by atoms with Crippen molar-refractivity contribution in [2.24, 2.45) is 5.92 Å². The summed E-state index contributed by atoms with van der Waals surface area (Å²) in [5.74, 6) is 0.535. The molecule has 0 radical (unpaired) electrons. The van der Waals surface area contributed by atoms with E-state index in [0.717, 1.165) is 73.8 Å². The molecule has 0 saturated carbocycles. The van der Waals surface area contributed by atoms with Gasteiger partial charge >= 0.3 is 0 Å². The molecule has 1 amide bonds. The molecule has 0 spiro atoms. The minimum Gasteiger partial charge on any atom is -0.488 e. The quantitative estimate of drug-likeness (QED) is 0.282. The Labute approximate surface area is 239 Å². The van der Waals surface area contributed by atoms with Gasteiger partial charge in [0.05, 0.1) is 12.4 Å². The van der Waals surface area contributed by atoms with Gasteiger partial charge in [-0.05, 0) is 62.4 Å². The molecule has 218 valence electrons. The van der Waals surface area contributed by atoms with Gasteiger partial charge in [0.15, 0.2) is 0 Å². The van der Waals surface area contributed by atoms with Gasteiger partial charge in [0.25, 0.3) is 5.91 Å². The number of amides is 1. The third-order valence-electron chi connectivity index (χ3n) is 8.83. The van der Waals surface area contributed by atoms with Crippen LogP contribution in [0.15, 0.2) is 53.1 Å². The summed E-state index contributed by atoms with van der Waals surface area (Å²) in [4.78, 5) is 21.4. The molecule has 41 heavy (non-hydrogen) atoms. The Morgan fingerprint density at radius 1 is 1.17 bits per heavy atom. The number of likely N-dealkylation sites (tertiary alicyclic amines) is 2. The van der Waals surface area contributed by atoms with Gasteiger partial charge in [0.1, 0.15) is 29.5 Å². The first kappa shape index (κ1) is 27.8. The number of hydrogen-bond acceptors (Lipinski definition) is 6. The van der Waals surface area contributed by atoms with Crippen molar-refractivity contribution >= 4 is 27.8 Å². The second-order valence-electron chi connectivity index (χ2n) is 11.8. The van der Waals surface area contributed by atoms with E-state index in [-0.39, 0.29) is 30.5 Å². The molecule has 4 aromatic rings. The number of nitrogens with zero attached hydrogens (tertiary/aromatic N) is 2. The maximum atomic E-state index is 13.5. The van der Waals surface area contributed by atoms with Gasteiger partial charge in [-0.1, -0.05) is 13.0 Å². The normalized spacial score (nSPS) is 21.9. The van der Waals surface area contributed by atoms with Crippen molar-refractivity contribution in [3.8, 4) is 5.75 Å². The lowest BCUT2D eigenvalue weighted by atomic mass is 9.95. The molecule has 8 nitrogen and oxygen atoms in total. The molecule has 2 saturated heterocycles. The minimum atomic E-state index is -0.341. The van der Waals surface area contributed by atoms with Crippen LogP contribution in [0.3, 0.4) is 0 Å². The molecule has 3 atom stereocenters. The predicted molar refractivity (Wildman–Crippen MR) is 157 cm³/mol. The molecular weight excluding hydrogens is 523 g/mol. The maximum absolute atomic E-state index is 13.5. The summed E-state index contributed by atoms with van der Waals surface area (Å²) in [6, 6.07) is 12.6. The second-order valence-corrected chi connectivity index (χ2v) is 11.8. The highest BCUT2D eigenvalue weighted by molar-refractivity contribution is 5.99. The molecule has 0 bridgehead atoms. The highest BCUT2D eigenvalue weighted by Crippen LogP contribution is 2.29. The SMILES string of the molecule is C[C@H]1CN([C@@H](C)CN2CCC(NC(=O)c3cc4c(OCc5coc6cc(F)ccc56)cccc4[nH]3)CC2)CCC1O. The van der Waals surface area contributed by atoms with Crippen molar-refractivity contribution in [3.05, 3.63) is 65.8 Å². The van der Waals surface area contributed by atoms with Gasteiger partial charge in [-0.3, -0.25) is 9.69 Å². The number of carbonyl (C=O) groups is 1. The molecule has 4 heterocycles. The molecule has 2 fully saturated rings. The number of carbonyl (C=O) groups excluding carboxylic acids is 1. The largest absolute Gasteiger partial charge is 0.488 e. The summed E-state index contributed by atoms with van der Waals surface area (Å²) < 4.78 is 25.1. The summed E-state index contributed by atoms with van der Waals surface area (Å²) in [7, 11) is 0. The Balaban J connectivity index is 1.03. The summed E-state index contributed by atoms with van der Waals surface area (Å²) in [6.45, 7) is 9.52. The Morgan fingerprint density at radius 3 is 2.80 bits per heavy atom. The van der Waals surface area contributed by atoms with Crippen molar-refractivity contribution in [1.29, 1.82) is 0 Å². The van der Waals surface area contributed by atoms with Crippen LogP contribution >= 0.6 is 0 Å². The zero-order valence-electron chi connectivity index (χ0n) is 23.7. The van der Waals surface area contributed by atoms with Crippen LogP contribution in [0.5, 0.6) is 5.75 Å². The number of nitrogens with one attached hydrogen (secondary N) is 2. The van der Waals surface area contributed by atoms with Crippen LogP contribution in [0.2, 0.25) is 0 Å². The van der Waals surface area contributed by atoms with Crippen LogP contribution < -0.4 is 10.1 Å². The summed E-state index contributed by atoms with van der Waals surface area (Å²) in [5.41, 5.74) is 2.66. The molecule has 9 heteroatoms. The number of ether oxygens (including phenoxy) is 1. The third kappa shape index (κ3) is 6.12. The van der Waals surface area contributed by atoms with Crippen molar-refractivity contribution in [2.75, 3.05) is 32.7 Å². The average Bonchev–Trinajstić information content (AvgIpc) is 3.59. The first-order valence-corrected chi connectivity index (χ1v) is 14.7. The van der Waals surface area contributed by atoms with E-state index in [0.29, 0.717) is 29.0 Å². The number of piperidine rings is 2. The fourth-order valence-corrected chi connectivity index (χ4v) is 6.28. The second kappa shape index (κ2) is 11.8. The summed E-state index contributed by atoms with van der Waals surface area (Å²) >= 11 is 0. The van der Waals surface area contributed by atoms with Gasteiger partial charge in [0.2, 0.25) is 0 Å². The van der Waals surface area contributed by atoms with E-state index in [4.69, 9.17) is 9.15 Å². The van der Waals surface area contributed by atoms with Crippen LogP contribution in [0.1, 0.15) is 49.2 Å². The number of H-pyrrole nitrogens is 1. The Kier molecular flexibility index (Phi) is 8.01. The van der Waals surface area contributed by atoms with E-state index in [9.17, 15) is 14.3 Å². The molecule has 1 unspecified atom stereocenters. The van der Waals surface area contributed by atoms with Gasteiger partial charge in [-0.2, -0.15) is 0 Å². The van der Waals surface area contributed by atoms with Crippen LogP contribution in [-0.4, -0.2) is 76.7 Å². The first-order chi connectivity index (χ1) is 19.8. The van der Waals surface area contributed by atoms with Crippen molar-refractivity contribution in [2.45, 2.75) is 57.9 Å². The molecular formula is C32H39FN4O4. The number of fused-ring (bicyclic) bond motifs is 2. The third-order valence-corrected chi connectivity index (χ3v) is 8.83. The molecule has 3 N–H and O–H groups in total. The molecule has 6 rings (SSSR count). The molecule has 2 aliphatic heterocycles. The molecule has 0 aliphatic carbocycles. The predicted octanol–water partition coefficient (Wildman–Crippen LogP) is 4.92. The number of benzene rings is 2. The molecule has 2 aromatic heterocycles. The lowest BCUT2D eigenvalue weighted by Gasteiger charge is -2.41. The van der Waals surface area contributed by atoms with Crippen LogP contribution in [0, 0.1) is 11.7 Å². The van der Waals surface area contributed by atoms with Gasteiger partial charge < -0.3 is 29.5 Å². The van der Waals surface area contributed by atoms with E-state index < -0.39 is 0 Å². The van der Waals surface area contributed by atoms with Gasteiger partial charge in [-0.25, -0.2) is 4.39 Å². The number of aliphatic hydroxyl groups is 1. The number of aliphatic hydroxyl groups excluding tert-OH is 1. The van der Waals surface area contributed by atoms with E-state index in [2.05, 4.69) is 33.9 Å². The number of aromatic amines is 1.